The zero-order chi connectivity index (χ0) is 7.84. The lowest BCUT2D eigenvalue weighted by atomic mass is 10.2. The second-order valence-electron chi connectivity index (χ2n) is 3.07. The Kier molecular flexibility index (Phi) is 1.53. The molecule has 0 aliphatic heterocycles. The van der Waals surface area contributed by atoms with E-state index < -0.39 is 0 Å². The van der Waals surface area contributed by atoms with Crippen molar-refractivity contribution in [2.45, 2.75) is 25.7 Å². The minimum Gasteiger partial charge on any atom is -0.335 e. The van der Waals surface area contributed by atoms with Crippen molar-refractivity contribution in [1.29, 1.82) is 0 Å². The van der Waals surface area contributed by atoms with Crippen LogP contribution in [-0.2, 0) is 0 Å². The predicted molar refractivity (Wildman–Crippen MR) is 46.1 cm³/mol. The molecule has 1 saturated carbocycles. The third kappa shape index (κ3) is 1.48. The van der Waals surface area contributed by atoms with Crippen molar-refractivity contribution < 1.29 is 0 Å². The molecule has 0 amide bonds. The van der Waals surface area contributed by atoms with Gasteiger partial charge in [0.15, 0.2) is 4.77 Å². The summed E-state index contributed by atoms with van der Waals surface area (Å²) in [7, 11) is 0. The average Bonchev–Trinajstić information content (AvgIpc) is 2.64. The molecule has 58 valence electrons. The van der Waals surface area contributed by atoms with E-state index in [4.69, 9.17) is 12.2 Å². The van der Waals surface area contributed by atoms with E-state index in [-0.39, 0.29) is 0 Å². The highest BCUT2D eigenvalue weighted by molar-refractivity contribution is 7.71. The fourth-order valence-electron chi connectivity index (χ4n) is 1.19. The van der Waals surface area contributed by atoms with Crippen LogP contribution in [0, 0.1) is 11.7 Å². The zero-order valence-electron chi connectivity index (χ0n) is 6.42. The molecule has 1 fully saturated rings. The van der Waals surface area contributed by atoms with Crippen molar-refractivity contribution in [3.05, 3.63) is 22.2 Å². The smallest absolute Gasteiger partial charge is 0.197 e. The van der Waals surface area contributed by atoms with E-state index in [2.05, 4.69) is 16.0 Å². The first-order chi connectivity index (χ1) is 5.25. The van der Waals surface area contributed by atoms with E-state index >= 15 is 0 Å². The van der Waals surface area contributed by atoms with Gasteiger partial charge in [0, 0.05) is 17.3 Å². The number of aromatic nitrogens is 2. The molecule has 1 aromatic rings. The molecule has 0 saturated heterocycles. The minimum atomic E-state index is 0.618. The van der Waals surface area contributed by atoms with Gasteiger partial charge >= 0.3 is 0 Å². The summed E-state index contributed by atoms with van der Waals surface area (Å²) in [5.41, 5.74) is 2.29. The molecular formula is C8H10N2S. The van der Waals surface area contributed by atoms with Crippen LogP contribution in [0.2, 0.25) is 0 Å². The fourth-order valence-corrected chi connectivity index (χ4v) is 1.46. The van der Waals surface area contributed by atoms with Gasteiger partial charge in [0.05, 0.1) is 0 Å². The predicted octanol–water partition coefficient (Wildman–Crippen LogP) is 2.33. The molecular weight excluding hydrogens is 156 g/mol. The number of nitrogens with zero attached hydrogens (tertiary/aromatic N) is 1. The molecule has 1 aromatic heterocycles. The average molecular weight is 166 g/mol. The molecule has 0 bridgehead atoms. The SMILES string of the molecule is Cc1cc(C2CC2)nc(=S)[nH]1. The molecule has 0 spiro atoms. The van der Waals surface area contributed by atoms with Gasteiger partial charge in [-0.1, -0.05) is 0 Å². The van der Waals surface area contributed by atoms with Crippen LogP contribution in [0.25, 0.3) is 0 Å². The Morgan fingerprint density at radius 2 is 2.36 bits per heavy atom. The summed E-state index contributed by atoms with van der Waals surface area (Å²) in [5.74, 6) is 0.699. The topological polar surface area (TPSA) is 28.7 Å². The maximum absolute atomic E-state index is 4.97. The second-order valence-corrected chi connectivity index (χ2v) is 3.46. The summed E-state index contributed by atoms with van der Waals surface area (Å²) >= 11 is 4.97. The monoisotopic (exact) mass is 166 g/mol. The number of rotatable bonds is 1. The van der Waals surface area contributed by atoms with E-state index in [1.54, 1.807) is 0 Å². The summed E-state index contributed by atoms with van der Waals surface area (Å²) in [6, 6.07) is 2.09. The van der Waals surface area contributed by atoms with Gasteiger partial charge in [0.1, 0.15) is 0 Å². The molecule has 2 nitrogen and oxygen atoms in total. The lowest BCUT2D eigenvalue weighted by Gasteiger charge is -1.97. The first-order valence-corrected chi connectivity index (χ1v) is 4.24. The van der Waals surface area contributed by atoms with Crippen LogP contribution in [0.15, 0.2) is 6.07 Å². The Balaban J connectivity index is 2.47. The maximum atomic E-state index is 4.97. The molecule has 0 aromatic carbocycles. The Labute approximate surface area is 70.7 Å². The molecule has 1 heterocycles. The van der Waals surface area contributed by atoms with Crippen molar-refractivity contribution in [3.8, 4) is 0 Å². The standard InChI is InChI=1S/C8H10N2S/c1-5-4-7(6-2-3-6)10-8(11)9-5/h4,6H,2-3H2,1H3,(H,9,10,11). The zero-order valence-corrected chi connectivity index (χ0v) is 7.24. The number of nitrogens with one attached hydrogen (secondary N) is 1. The van der Waals surface area contributed by atoms with Gasteiger partial charge in [-0.3, -0.25) is 0 Å². The highest BCUT2D eigenvalue weighted by atomic mass is 32.1. The lowest BCUT2D eigenvalue weighted by Crippen LogP contribution is -1.91. The van der Waals surface area contributed by atoms with E-state index in [1.807, 2.05) is 6.92 Å². The van der Waals surface area contributed by atoms with Crippen molar-refractivity contribution in [3.63, 3.8) is 0 Å². The number of hydrogen-bond donors (Lipinski definition) is 1. The molecule has 0 radical (unpaired) electrons. The van der Waals surface area contributed by atoms with E-state index in [0.717, 1.165) is 5.69 Å². The first-order valence-electron chi connectivity index (χ1n) is 3.83. The molecule has 1 aliphatic rings. The minimum absolute atomic E-state index is 0.618. The van der Waals surface area contributed by atoms with Gasteiger partial charge in [-0.15, -0.1) is 0 Å². The third-order valence-electron chi connectivity index (χ3n) is 1.89. The van der Waals surface area contributed by atoms with Crippen molar-refractivity contribution >= 4 is 12.2 Å². The molecule has 1 aliphatic carbocycles. The number of hydrogen-bond acceptors (Lipinski definition) is 2. The largest absolute Gasteiger partial charge is 0.335 e. The van der Waals surface area contributed by atoms with E-state index in [0.29, 0.717) is 10.7 Å². The molecule has 3 heteroatoms. The summed E-state index contributed by atoms with van der Waals surface area (Å²) in [5, 5.41) is 0. The Morgan fingerprint density at radius 1 is 1.64 bits per heavy atom. The summed E-state index contributed by atoms with van der Waals surface area (Å²) in [4.78, 5) is 7.25. The van der Waals surface area contributed by atoms with Crippen LogP contribution in [0.1, 0.15) is 30.1 Å². The van der Waals surface area contributed by atoms with Crippen molar-refractivity contribution in [1.82, 2.24) is 9.97 Å². The molecule has 11 heavy (non-hydrogen) atoms. The summed E-state index contributed by atoms with van der Waals surface area (Å²) in [6.07, 6.45) is 2.57. The van der Waals surface area contributed by atoms with Crippen LogP contribution in [-0.4, -0.2) is 9.97 Å². The number of aryl methyl sites for hydroxylation is 1. The quantitative estimate of drug-likeness (QED) is 0.649. The van der Waals surface area contributed by atoms with Gasteiger partial charge in [0.2, 0.25) is 0 Å². The third-order valence-corrected chi connectivity index (χ3v) is 2.09. The number of H-pyrrole nitrogens is 1. The molecule has 1 N–H and O–H groups in total. The van der Waals surface area contributed by atoms with Crippen molar-refractivity contribution in [2.75, 3.05) is 0 Å². The highest BCUT2D eigenvalue weighted by Gasteiger charge is 2.24. The van der Waals surface area contributed by atoms with Crippen LogP contribution in [0.3, 0.4) is 0 Å². The summed E-state index contributed by atoms with van der Waals surface area (Å²) < 4.78 is 0.618. The van der Waals surface area contributed by atoms with E-state index in [1.165, 1.54) is 18.5 Å². The van der Waals surface area contributed by atoms with Crippen LogP contribution < -0.4 is 0 Å². The molecule has 2 rings (SSSR count). The molecule has 0 unspecified atom stereocenters. The first kappa shape index (κ1) is 6.98. The Bertz CT molecular complexity index is 325. The fraction of sp³-hybridized carbons (Fsp3) is 0.500. The van der Waals surface area contributed by atoms with Crippen LogP contribution >= 0.6 is 12.2 Å². The highest BCUT2D eigenvalue weighted by Crippen LogP contribution is 2.38. The lowest BCUT2D eigenvalue weighted by molar-refractivity contribution is 0.951. The van der Waals surface area contributed by atoms with Crippen LogP contribution in [0.4, 0.5) is 0 Å². The molecule has 0 atom stereocenters. The van der Waals surface area contributed by atoms with E-state index in [9.17, 15) is 0 Å². The van der Waals surface area contributed by atoms with Crippen LogP contribution in [0.5, 0.6) is 0 Å². The summed E-state index contributed by atoms with van der Waals surface area (Å²) in [6.45, 7) is 2.02. The van der Waals surface area contributed by atoms with Gasteiger partial charge in [0.25, 0.3) is 0 Å². The van der Waals surface area contributed by atoms with Gasteiger partial charge < -0.3 is 4.98 Å². The normalized spacial score (nSPS) is 16.8. The van der Waals surface area contributed by atoms with Gasteiger partial charge in [-0.25, -0.2) is 4.98 Å². The van der Waals surface area contributed by atoms with Gasteiger partial charge in [-0.2, -0.15) is 0 Å². The number of aromatic amines is 1. The Morgan fingerprint density at radius 3 is 2.91 bits per heavy atom. The van der Waals surface area contributed by atoms with Gasteiger partial charge in [-0.05, 0) is 38.0 Å². The Hall–Kier alpha value is -0.700. The second kappa shape index (κ2) is 2.41. The van der Waals surface area contributed by atoms with Crippen molar-refractivity contribution in [2.24, 2.45) is 0 Å². The maximum Gasteiger partial charge on any atom is 0.197 e.